The molecule has 6 heteroatoms. The molecule has 0 saturated carbocycles. The van der Waals surface area contributed by atoms with Gasteiger partial charge in [-0.25, -0.2) is 22.5 Å². The van der Waals surface area contributed by atoms with Crippen molar-refractivity contribution < 1.29 is 22.4 Å². The van der Waals surface area contributed by atoms with Crippen LogP contribution in [0.3, 0.4) is 0 Å². The van der Waals surface area contributed by atoms with Gasteiger partial charge in [-0.1, -0.05) is 0 Å². The third-order valence-electron chi connectivity index (χ3n) is 1.29. The van der Waals surface area contributed by atoms with Crippen LogP contribution in [0.4, 0.5) is 17.6 Å². The van der Waals surface area contributed by atoms with Gasteiger partial charge >= 0.3 is 0 Å². The number of carbonyl (C=O) groups excluding carboxylic acids is 1. The highest BCUT2D eigenvalue weighted by Crippen LogP contribution is 2.19. The molecular formula is C7H3F4NO. The molecule has 0 aliphatic carbocycles. The summed E-state index contributed by atoms with van der Waals surface area (Å²) in [6.07, 6.45) is -3.15. The zero-order chi connectivity index (χ0) is 10.0. The molecule has 2 nitrogen and oxygen atoms in total. The van der Waals surface area contributed by atoms with Crippen molar-refractivity contribution in [2.45, 2.75) is 6.43 Å². The number of hydrogen-bond acceptors (Lipinski definition) is 2. The lowest BCUT2D eigenvalue weighted by Crippen LogP contribution is -2.02. The van der Waals surface area contributed by atoms with Crippen molar-refractivity contribution >= 4 is 6.29 Å². The molecule has 0 bridgehead atoms. The Bertz CT molecular complexity index is 340. The normalized spacial score (nSPS) is 10.5. The molecule has 0 aliphatic heterocycles. The Labute approximate surface area is 70.2 Å². The summed E-state index contributed by atoms with van der Waals surface area (Å²) in [4.78, 5) is 13.0. The van der Waals surface area contributed by atoms with Crippen molar-refractivity contribution in [3.05, 3.63) is 29.1 Å². The SMILES string of the molecule is O=Cc1nc(C(F)F)cc(F)c1F. The summed E-state index contributed by atoms with van der Waals surface area (Å²) in [5, 5.41) is 0. The van der Waals surface area contributed by atoms with Gasteiger partial charge in [-0.3, -0.25) is 4.79 Å². The zero-order valence-corrected chi connectivity index (χ0v) is 6.10. The Morgan fingerprint density at radius 1 is 1.38 bits per heavy atom. The lowest BCUT2D eigenvalue weighted by Gasteiger charge is -2.01. The van der Waals surface area contributed by atoms with Gasteiger partial charge in [0.05, 0.1) is 0 Å². The number of halogens is 4. The number of rotatable bonds is 2. The summed E-state index contributed by atoms with van der Waals surface area (Å²) >= 11 is 0. The number of carbonyl (C=O) groups is 1. The number of pyridine rings is 1. The summed E-state index contributed by atoms with van der Waals surface area (Å²) in [7, 11) is 0. The summed E-state index contributed by atoms with van der Waals surface area (Å²) < 4.78 is 48.9. The van der Waals surface area contributed by atoms with Gasteiger partial charge < -0.3 is 0 Å². The van der Waals surface area contributed by atoms with Crippen LogP contribution < -0.4 is 0 Å². The molecule has 0 saturated heterocycles. The molecular weight excluding hydrogens is 190 g/mol. The molecule has 0 radical (unpaired) electrons. The molecule has 1 rings (SSSR count). The van der Waals surface area contributed by atoms with Crippen molar-refractivity contribution in [3.63, 3.8) is 0 Å². The maximum absolute atomic E-state index is 12.5. The van der Waals surface area contributed by atoms with Crippen LogP contribution in [0.15, 0.2) is 6.07 Å². The van der Waals surface area contributed by atoms with Gasteiger partial charge in [0, 0.05) is 6.07 Å². The molecule has 0 aliphatic rings. The summed E-state index contributed by atoms with van der Waals surface area (Å²) in [5.41, 5.74) is -1.91. The predicted molar refractivity (Wildman–Crippen MR) is 34.5 cm³/mol. The lowest BCUT2D eigenvalue weighted by atomic mass is 10.3. The highest BCUT2D eigenvalue weighted by Gasteiger charge is 2.16. The van der Waals surface area contributed by atoms with Crippen LogP contribution in [-0.4, -0.2) is 11.3 Å². The first kappa shape index (κ1) is 9.63. The van der Waals surface area contributed by atoms with E-state index in [0.29, 0.717) is 0 Å². The molecule has 0 N–H and O–H groups in total. The van der Waals surface area contributed by atoms with Crippen molar-refractivity contribution in [2.24, 2.45) is 0 Å². The Balaban J connectivity index is 3.30. The van der Waals surface area contributed by atoms with Crippen LogP contribution in [0.1, 0.15) is 22.6 Å². The second-order valence-corrected chi connectivity index (χ2v) is 2.15. The largest absolute Gasteiger partial charge is 0.296 e. The minimum atomic E-state index is -3.03. The predicted octanol–water partition coefficient (Wildman–Crippen LogP) is 2.11. The van der Waals surface area contributed by atoms with E-state index in [4.69, 9.17) is 0 Å². The third kappa shape index (κ3) is 1.82. The van der Waals surface area contributed by atoms with Crippen LogP contribution in [0.2, 0.25) is 0 Å². The summed E-state index contributed by atoms with van der Waals surface area (Å²) in [6, 6.07) is 0.257. The fraction of sp³-hybridized carbons (Fsp3) is 0.143. The third-order valence-corrected chi connectivity index (χ3v) is 1.29. The van der Waals surface area contributed by atoms with Gasteiger partial charge in [-0.15, -0.1) is 0 Å². The molecule has 1 aromatic rings. The molecule has 0 aromatic carbocycles. The zero-order valence-electron chi connectivity index (χ0n) is 6.10. The summed E-state index contributed by atoms with van der Waals surface area (Å²) in [6.45, 7) is 0. The molecule has 0 fully saturated rings. The number of alkyl halides is 2. The molecule has 0 spiro atoms. The fourth-order valence-corrected chi connectivity index (χ4v) is 0.726. The number of nitrogens with zero attached hydrogens (tertiary/aromatic N) is 1. The monoisotopic (exact) mass is 193 g/mol. The smallest absolute Gasteiger partial charge is 0.280 e. The van der Waals surface area contributed by atoms with Gasteiger partial charge in [0.25, 0.3) is 6.43 Å². The van der Waals surface area contributed by atoms with Crippen molar-refractivity contribution in [3.8, 4) is 0 Å². The lowest BCUT2D eigenvalue weighted by molar-refractivity contribution is 0.111. The standard InChI is InChI=1S/C7H3F4NO/c8-3-1-4(7(10)11)12-5(2-13)6(3)9/h1-2,7H. The molecule has 70 valence electrons. The fourth-order valence-electron chi connectivity index (χ4n) is 0.726. The minimum Gasteiger partial charge on any atom is -0.296 e. The molecule has 0 amide bonds. The highest BCUT2D eigenvalue weighted by atomic mass is 19.3. The number of aldehydes is 1. The first-order valence-electron chi connectivity index (χ1n) is 3.15. The van der Waals surface area contributed by atoms with Crippen LogP contribution >= 0.6 is 0 Å². The molecule has 0 unspecified atom stereocenters. The first-order chi connectivity index (χ1) is 6.06. The van der Waals surface area contributed by atoms with Crippen LogP contribution in [-0.2, 0) is 0 Å². The van der Waals surface area contributed by atoms with E-state index in [1.807, 2.05) is 0 Å². The van der Waals surface area contributed by atoms with E-state index >= 15 is 0 Å². The van der Waals surface area contributed by atoms with Crippen molar-refractivity contribution in [1.29, 1.82) is 0 Å². The van der Waals surface area contributed by atoms with E-state index in [-0.39, 0.29) is 12.4 Å². The number of hydrogen-bond donors (Lipinski definition) is 0. The van der Waals surface area contributed by atoms with E-state index in [9.17, 15) is 22.4 Å². The van der Waals surface area contributed by atoms with Crippen LogP contribution in [0.5, 0.6) is 0 Å². The van der Waals surface area contributed by atoms with Crippen LogP contribution in [0.25, 0.3) is 0 Å². The number of aromatic nitrogens is 1. The van der Waals surface area contributed by atoms with Gasteiger partial charge in [-0.2, -0.15) is 0 Å². The van der Waals surface area contributed by atoms with E-state index in [0.717, 1.165) is 0 Å². The topological polar surface area (TPSA) is 30.0 Å². The van der Waals surface area contributed by atoms with E-state index in [1.165, 1.54) is 0 Å². The maximum atomic E-state index is 12.5. The van der Waals surface area contributed by atoms with E-state index in [1.54, 1.807) is 0 Å². The van der Waals surface area contributed by atoms with Gasteiger partial charge in [0.15, 0.2) is 17.9 Å². The van der Waals surface area contributed by atoms with Gasteiger partial charge in [0.2, 0.25) is 0 Å². The molecule has 1 aromatic heterocycles. The maximum Gasteiger partial charge on any atom is 0.280 e. The Morgan fingerprint density at radius 3 is 2.46 bits per heavy atom. The first-order valence-corrected chi connectivity index (χ1v) is 3.15. The van der Waals surface area contributed by atoms with Gasteiger partial charge in [-0.05, 0) is 0 Å². The Hall–Kier alpha value is -1.46. The minimum absolute atomic E-state index is 0.121. The quantitative estimate of drug-likeness (QED) is 0.531. The molecule has 0 atom stereocenters. The van der Waals surface area contributed by atoms with Gasteiger partial charge in [0.1, 0.15) is 11.4 Å². The second kappa shape index (κ2) is 3.51. The molecule has 1 heterocycles. The average molecular weight is 193 g/mol. The second-order valence-electron chi connectivity index (χ2n) is 2.15. The molecule has 13 heavy (non-hydrogen) atoms. The van der Waals surface area contributed by atoms with Crippen molar-refractivity contribution in [1.82, 2.24) is 4.98 Å². The van der Waals surface area contributed by atoms with E-state index in [2.05, 4.69) is 4.98 Å². The summed E-state index contributed by atoms with van der Waals surface area (Å²) in [5.74, 6) is -3.02. The average Bonchev–Trinajstić information content (AvgIpc) is 2.09. The Kier molecular flexibility index (Phi) is 2.60. The van der Waals surface area contributed by atoms with Crippen molar-refractivity contribution in [2.75, 3.05) is 0 Å². The highest BCUT2D eigenvalue weighted by molar-refractivity contribution is 5.72. The van der Waals surface area contributed by atoms with E-state index < -0.39 is 29.4 Å². The Morgan fingerprint density at radius 2 is 2.00 bits per heavy atom. The van der Waals surface area contributed by atoms with Crippen LogP contribution in [0, 0.1) is 11.6 Å².